The Kier molecular flexibility index (Phi) is 3.90. The fourth-order valence-corrected chi connectivity index (χ4v) is 2.30. The molecule has 1 saturated carbocycles. The van der Waals surface area contributed by atoms with Crippen molar-refractivity contribution in [1.82, 2.24) is 5.01 Å². The number of hydrogen-bond donors (Lipinski definition) is 1. The zero-order valence-electron chi connectivity index (χ0n) is 11.0. The van der Waals surface area contributed by atoms with Crippen LogP contribution in [-0.2, 0) is 0 Å². The van der Waals surface area contributed by atoms with E-state index in [1.807, 2.05) is 11.1 Å². The lowest BCUT2D eigenvalue weighted by Crippen LogP contribution is -2.37. The maximum atomic E-state index is 13.6. The Morgan fingerprint density at radius 1 is 1.44 bits per heavy atom. The average molecular weight is 248 g/mol. The number of hydrazine groups is 1. The molecule has 1 fully saturated rings. The lowest BCUT2D eigenvalue weighted by Gasteiger charge is -2.32. The monoisotopic (exact) mass is 248 g/mol. The Balaban J connectivity index is 2.06. The maximum absolute atomic E-state index is 13.6. The van der Waals surface area contributed by atoms with Crippen LogP contribution in [0.1, 0.15) is 39.0 Å². The Morgan fingerprint density at radius 3 is 2.72 bits per heavy atom. The summed E-state index contributed by atoms with van der Waals surface area (Å²) in [4.78, 5) is 0. The summed E-state index contributed by atoms with van der Waals surface area (Å²) >= 11 is 0. The minimum absolute atomic E-state index is 0.153. The molecule has 2 rings (SSSR count). The third-order valence-electron chi connectivity index (χ3n) is 3.63. The molecule has 1 N–H and O–H groups in total. The summed E-state index contributed by atoms with van der Waals surface area (Å²) in [6.45, 7) is 6.04. The molecule has 0 heterocycles. The molecule has 0 amide bonds. The van der Waals surface area contributed by atoms with Crippen molar-refractivity contribution in [2.24, 2.45) is 0 Å². The quantitative estimate of drug-likeness (QED) is 0.723. The van der Waals surface area contributed by atoms with Gasteiger partial charge in [-0.1, -0.05) is 38.5 Å². The van der Waals surface area contributed by atoms with E-state index in [2.05, 4.69) is 18.9 Å². The summed E-state index contributed by atoms with van der Waals surface area (Å²) in [7, 11) is 0. The molecule has 1 aromatic carbocycles. The van der Waals surface area contributed by atoms with Crippen LogP contribution in [0, 0.1) is 5.82 Å². The first-order chi connectivity index (χ1) is 8.72. The summed E-state index contributed by atoms with van der Waals surface area (Å²) < 4.78 is 13.6. The lowest BCUT2D eigenvalue weighted by molar-refractivity contribution is 0.278. The van der Waals surface area contributed by atoms with Gasteiger partial charge in [0.2, 0.25) is 0 Å². The van der Waals surface area contributed by atoms with Gasteiger partial charge in [-0.25, -0.2) is 4.39 Å². The van der Waals surface area contributed by atoms with Crippen molar-refractivity contribution in [3.8, 4) is 0 Å². The minimum atomic E-state index is -0.226. The van der Waals surface area contributed by atoms with E-state index in [0.29, 0.717) is 5.69 Å². The molecular weight excluding hydrogens is 227 g/mol. The minimum Gasteiger partial charge on any atom is -0.295 e. The molecule has 1 aliphatic rings. The second kappa shape index (κ2) is 5.42. The SMILES string of the molecule is C=CN(Nc1ccccc1F)C1(CCCC)CC1. The molecule has 0 radical (unpaired) electrons. The zero-order valence-corrected chi connectivity index (χ0v) is 11.0. The van der Waals surface area contributed by atoms with Gasteiger partial charge in [-0.05, 0) is 31.4 Å². The van der Waals surface area contributed by atoms with Crippen molar-refractivity contribution in [1.29, 1.82) is 0 Å². The summed E-state index contributed by atoms with van der Waals surface area (Å²) in [5, 5.41) is 1.99. The van der Waals surface area contributed by atoms with Crippen molar-refractivity contribution >= 4 is 5.69 Å². The van der Waals surface area contributed by atoms with Crippen molar-refractivity contribution < 1.29 is 4.39 Å². The van der Waals surface area contributed by atoms with Gasteiger partial charge in [-0.15, -0.1) is 0 Å². The summed E-state index contributed by atoms with van der Waals surface area (Å²) in [5.41, 5.74) is 3.82. The van der Waals surface area contributed by atoms with Gasteiger partial charge in [0.25, 0.3) is 0 Å². The highest BCUT2D eigenvalue weighted by Gasteiger charge is 2.46. The summed E-state index contributed by atoms with van der Waals surface area (Å²) in [6.07, 6.45) is 7.60. The Hall–Kier alpha value is -1.51. The first-order valence-electron chi connectivity index (χ1n) is 6.65. The number of benzene rings is 1. The van der Waals surface area contributed by atoms with E-state index in [4.69, 9.17) is 0 Å². The predicted molar refractivity (Wildman–Crippen MR) is 73.5 cm³/mol. The Labute approximate surface area is 108 Å². The lowest BCUT2D eigenvalue weighted by atomic mass is 10.1. The van der Waals surface area contributed by atoms with Gasteiger partial charge in [0.05, 0.1) is 11.2 Å². The van der Waals surface area contributed by atoms with Crippen LogP contribution in [-0.4, -0.2) is 10.5 Å². The number of halogens is 1. The summed E-state index contributed by atoms with van der Waals surface area (Å²) in [6, 6.07) is 6.75. The van der Waals surface area contributed by atoms with Gasteiger partial charge in [-0.3, -0.25) is 10.4 Å². The fraction of sp³-hybridized carbons (Fsp3) is 0.467. The number of para-hydroxylation sites is 1. The van der Waals surface area contributed by atoms with Gasteiger partial charge in [-0.2, -0.15) is 0 Å². The van der Waals surface area contributed by atoms with E-state index in [-0.39, 0.29) is 11.4 Å². The molecule has 0 spiro atoms. The molecule has 3 heteroatoms. The number of unbranched alkanes of at least 4 members (excludes halogenated alkanes) is 1. The predicted octanol–water partition coefficient (Wildman–Crippen LogP) is 4.32. The maximum Gasteiger partial charge on any atom is 0.148 e. The largest absolute Gasteiger partial charge is 0.295 e. The third-order valence-corrected chi connectivity index (χ3v) is 3.63. The van der Waals surface area contributed by atoms with Crippen molar-refractivity contribution in [2.75, 3.05) is 5.43 Å². The number of rotatable bonds is 7. The molecule has 0 aromatic heterocycles. The van der Waals surface area contributed by atoms with Crippen LogP contribution >= 0.6 is 0 Å². The van der Waals surface area contributed by atoms with E-state index in [1.165, 1.54) is 18.9 Å². The molecule has 18 heavy (non-hydrogen) atoms. The molecule has 2 nitrogen and oxygen atoms in total. The number of hydrogen-bond acceptors (Lipinski definition) is 2. The van der Waals surface area contributed by atoms with Crippen LogP contribution in [0.4, 0.5) is 10.1 Å². The molecule has 98 valence electrons. The molecule has 0 bridgehead atoms. The number of nitrogens with zero attached hydrogens (tertiary/aromatic N) is 1. The van der Waals surface area contributed by atoms with Crippen molar-refractivity contribution in [3.63, 3.8) is 0 Å². The molecule has 1 aromatic rings. The van der Waals surface area contributed by atoms with Gasteiger partial charge in [0.1, 0.15) is 5.82 Å². The fourth-order valence-electron chi connectivity index (χ4n) is 2.30. The molecule has 0 saturated heterocycles. The number of nitrogens with one attached hydrogen (secondary N) is 1. The van der Waals surface area contributed by atoms with Crippen LogP contribution in [0.25, 0.3) is 0 Å². The highest BCUT2D eigenvalue weighted by Crippen LogP contribution is 2.46. The van der Waals surface area contributed by atoms with E-state index >= 15 is 0 Å². The average Bonchev–Trinajstić information content (AvgIpc) is 3.16. The summed E-state index contributed by atoms with van der Waals surface area (Å²) in [5.74, 6) is -0.226. The van der Waals surface area contributed by atoms with Gasteiger partial charge in [0, 0.05) is 6.20 Å². The van der Waals surface area contributed by atoms with Crippen LogP contribution in [0.2, 0.25) is 0 Å². The topological polar surface area (TPSA) is 15.3 Å². The number of anilines is 1. The molecule has 0 unspecified atom stereocenters. The Morgan fingerprint density at radius 2 is 2.17 bits per heavy atom. The second-order valence-corrected chi connectivity index (χ2v) is 4.97. The van der Waals surface area contributed by atoms with Crippen molar-refractivity contribution in [3.05, 3.63) is 42.9 Å². The van der Waals surface area contributed by atoms with Crippen LogP contribution in [0.15, 0.2) is 37.0 Å². The highest BCUT2D eigenvalue weighted by molar-refractivity contribution is 5.44. The van der Waals surface area contributed by atoms with Crippen molar-refractivity contribution in [2.45, 2.75) is 44.6 Å². The normalized spacial score (nSPS) is 16.1. The van der Waals surface area contributed by atoms with Crippen LogP contribution in [0.3, 0.4) is 0 Å². The van der Waals surface area contributed by atoms with Gasteiger partial charge in [0.15, 0.2) is 0 Å². The zero-order chi connectivity index (χ0) is 13.0. The second-order valence-electron chi connectivity index (χ2n) is 4.97. The molecule has 0 atom stereocenters. The van der Waals surface area contributed by atoms with E-state index in [9.17, 15) is 4.39 Å². The standard InChI is InChI=1S/C15H21FN2/c1-3-5-10-15(11-12-15)18(4-2)17-14-9-7-6-8-13(14)16/h4,6-9,17H,2-3,5,10-12H2,1H3. The van der Waals surface area contributed by atoms with E-state index in [0.717, 1.165) is 19.3 Å². The van der Waals surface area contributed by atoms with Crippen LogP contribution < -0.4 is 5.43 Å². The highest BCUT2D eigenvalue weighted by atomic mass is 19.1. The van der Waals surface area contributed by atoms with E-state index in [1.54, 1.807) is 18.3 Å². The first kappa shape index (κ1) is 12.9. The Bertz CT molecular complexity index is 413. The van der Waals surface area contributed by atoms with E-state index < -0.39 is 0 Å². The smallest absolute Gasteiger partial charge is 0.148 e. The van der Waals surface area contributed by atoms with Gasteiger partial charge >= 0.3 is 0 Å². The molecular formula is C15H21FN2. The van der Waals surface area contributed by atoms with Crippen LogP contribution in [0.5, 0.6) is 0 Å². The van der Waals surface area contributed by atoms with Gasteiger partial charge < -0.3 is 0 Å². The molecule has 1 aliphatic carbocycles. The third kappa shape index (κ3) is 2.66. The first-order valence-corrected chi connectivity index (χ1v) is 6.65. The molecule has 0 aliphatic heterocycles.